The van der Waals surface area contributed by atoms with E-state index in [0.717, 1.165) is 48.6 Å². The van der Waals surface area contributed by atoms with Crippen molar-refractivity contribution in [3.8, 4) is 11.5 Å². The van der Waals surface area contributed by atoms with Crippen LogP contribution >= 0.6 is 0 Å². The molecule has 0 fully saturated rings. The zero-order valence-corrected chi connectivity index (χ0v) is 17.0. The lowest BCUT2D eigenvalue weighted by atomic mass is 10.1. The highest BCUT2D eigenvalue weighted by atomic mass is 15.3. The number of nitrogens with zero attached hydrogens (tertiary/aromatic N) is 5. The molecule has 1 aromatic carbocycles. The van der Waals surface area contributed by atoms with E-state index in [4.69, 9.17) is 9.97 Å². The number of hydrogen-bond donors (Lipinski definition) is 1. The molecule has 0 saturated heterocycles. The molecule has 3 aromatic heterocycles. The zero-order valence-electron chi connectivity index (χ0n) is 17.0. The number of aryl methyl sites for hydroxylation is 1. The van der Waals surface area contributed by atoms with E-state index in [1.807, 2.05) is 35.1 Å². The molecule has 0 aliphatic heterocycles. The maximum atomic E-state index is 4.84. The summed E-state index contributed by atoms with van der Waals surface area (Å²) in [5.74, 6) is 1.60. The fraction of sp³-hybridized carbons (Fsp3) is 0.250. The highest BCUT2D eigenvalue weighted by molar-refractivity contribution is 5.58. The van der Waals surface area contributed by atoms with Gasteiger partial charge >= 0.3 is 0 Å². The van der Waals surface area contributed by atoms with Crippen molar-refractivity contribution in [2.75, 3.05) is 5.32 Å². The summed E-state index contributed by atoms with van der Waals surface area (Å²) in [4.78, 5) is 14.1. The standard InChI is InChI=1S/C24H24N6/c1-17(19-14-26-30(16-19)15-18-8-3-2-4-9-18)27-23-20-10-7-12-21(20)28-24(29-23)22-11-5-6-13-25-22/h2-6,8-9,11,13-14,16-17H,7,10,12,15H2,1H3,(H,27,28,29). The Hall–Kier alpha value is -3.54. The van der Waals surface area contributed by atoms with E-state index in [1.165, 1.54) is 11.1 Å². The summed E-state index contributed by atoms with van der Waals surface area (Å²) in [6.45, 7) is 2.91. The molecule has 6 heteroatoms. The molecule has 3 heterocycles. The van der Waals surface area contributed by atoms with Crippen molar-refractivity contribution < 1.29 is 0 Å². The molecule has 0 spiro atoms. The lowest BCUT2D eigenvalue weighted by Crippen LogP contribution is -2.11. The Kier molecular flexibility index (Phi) is 4.97. The van der Waals surface area contributed by atoms with Crippen LogP contribution in [0.4, 0.5) is 5.82 Å². The molecule has 0 saturated carbocycles. The van der Waals surface area contributed by atoms with Crippen molar-refractivity contribution in [3.05, 3.63) is 89.5 Å². The molecule has 0 amide bonds. The minimum absolute atomic E-state index is 0.0886. The topological polar surface area (TPSA) is 68.5 Å². The monoisotopic (exact) mass is 396 g/mol. The Labute approximate surface area is 176 Å². The minimum Gasteiger partial charge on any atom is -0.363 e. The van der Waals surface area contributed by atoms with Gasteiger partial charge in [0.25, 0.3) is 0 Å². The van der Waals surface area contributed by atoms with Gasteiger partial charge in [-0.25, -0.2) is 9.97 Å². The van der Waals surface area contributed by atoms with Crippen LogP contribution < -0.4 is 5.32 Å². The first-order chi connectivity index (χ1) is 14.8. The second-order valence-corrected chi connectivity index (χ2v) is 7.71. The Morgan fingerprint density at radius 3 is 2.73 bits per heavy atom. The quantitative estimate of drug-likeness (QED) is 0.522. The highest BCUT2D eigenvalue weighted by Gasteiger charge is 2.22. The maximum Gasteiger partial charge on any atom is 0.180 e. The van der Waals surface area contributed by atoms with E-state index in [0.29, 0.717) is 5.82 Å². The normalized spacial score (nSPS) is 13.8. The molecule has 0 radical (unpaired) electrons. The van der Waals surface area contributed by atoms with Crippen LogP contribution in [-0.4, -0.2) is 24.7 Å². The predicted molar refractivity (Wildman–Crippen MR) is 117 cm³/mol. The van der Waals surface area contributed by atoms with Gasteiger partial charge in [0.15, 0.2) is 5.82 Å². The zero-order chi connectivity index (χ0) is 20.3. The van der Waals surface area contributed by atoms with Crippen molar-refractivity contribution in [3.63, 3.8) is 0 Å². The van der Waals surface area contributed by atoms with Gasteiger partial charge in [-0.2, -0.15) is 5.10 Å². The second-order valence-electron chi connectivity index (χ2n) is 7.71. The van der Waals surface area contributed by atoms with E-state index in [-0.39, 0.29) is 6.04 Å². The average molecular weight is 396 g/mol. The number of anilines is 1. The van der Waals surface area contributed by atoms with Gasteiger partial charge in [0.05, 0.1) is 18.8 Å². The lowest BCUT2D eigenvalue weighted by molar-refractivity contribution is 0.685. The SMILES string of the molecule is CC(Nc1nc(-c2ccccn2)nc2c1CCC2)c1cnn(Cc2ccccc2)c1. The van der Waals surface area contributed by atoms with Crippen LogP contribution in [0.1, 0.15) is 41.8 Å². The number of nitrogens with one attached hydrogen (secondary N) is 1. The molecule has 1 aliphatic rings. The maximum absolute atomic E-state index is 4.84. The summed E-state index contributed by atoms with van der Waals surface area (Å²) in [6.07, 6.45) is 8.94. The van der Waals surface area contributed by atoms with Gasteiger partial charge < -0.3 is 5.32 Å². The second kappa shape index (κ2) is 8.06. The van der Waals surface area contributed by atoms with Crippen molar-refractivity contribution in [1.29, 1.82) is 0 Å². The first-order valence-electron chi connectivity index (χ1n) is 10.4. The molecule has 1 N–H and O–H groups in total. The van der Waals surface area contributed by atoms with Crippen LogP contribution in [0.15, 0.2) is 67.1 Å². The molecule has 30 heavy (non-hydrogen) atoms. The number of benzene rings is 1. The van der Waals surface area contributed by atoms with E-state index in [2.05, 4.69) is 52.8 Å². The third-order valence-corrected chi connectivity index (χ3v) is 5.52. The molecule has 1 aliphatic carbocycles. The van der Waals surface area contributed by atoms with Crippen LogP contribution in [0, 0.1) is 0 Å². The number of fused-ring (bicyclic) bond motifs is 1. The summed E-state index contributed by atoms with van der Waals surface area (Å²) in [5, 5.41) is 8.16. The molecule has 1 atom stereocenters. The van der Waals surface area contributed by atoms with Crippen LogP contribution in [0.2, 0.25) is 0 Å². The lowest BCUT2D eigenvalue weighted by Gasteiger charge is -2.16. The van der Waals surface area contributed by atoms with Crippen LogP contribution in [0.5, 0.6) is 0 Å². The summed E-state index contributed by atoms with van der Waals surface area (Å²) < 4.78 is 1.98. The van der Waals surface area contributed by atoms with Gasteiger partial charge in [-0.3, -0.25) is 9.67 Å². The molecule has 150 valence electrons. The van der Waals surface area contributed by atoms with E-state index in [1.54, 1.807) is 6.20 Å². The van der Waals surface area contributed by atoms with Crippen LogP contribution in [0.3, 0.4) is 0 Å². The van der Waals surface area contributed by atoms with Gasteiger partial charge in [-0.1, -0.05) is 36.4 Å². The minimum atomic E-state index is 0.0886. The van der Waals surface area contributed by atoms with Crippen LogP contribution in [0.25, 0.3) is 11.5 Å². The van der Waals surface area contributed by atoms with Gasteiger partial charge in [0.1, 0.15) is 11.5 Å². The van der Waals surface area contributed by atoms with Crippen molar-refractivity contribution in [2.45, 2.75) is 38.8 Å². The van der Waals surface area contributed by atoms with Gasteiger partial charge in [-0.15, -0.1) is 0 Å². The highest BCUT2D eigenvalue weighted by Crippen LogP contribution is 2.30. The van der Waals surface area contributed by atoms with E-state index >= 15 is 0 Å². The Bertz CT molecular complexity index is 1140. The molecule has 4 aromatic rings. The first kappa shape index (κ1) is 18.5. The average Bonchev–Trinajstić information content (AvgIpc) is 3.45. The van der Waals surface area contributed by atoms with Gasteiger partial charge in [-0.05, 0) is 43.9 Å². The van der Waals surface area contributed by atoms with Gasteiger partial charge in [0.2, 0.25) is 0 Å². The molecular formula is C24H24N6. The number of aromatic nitrogens is 5. The fourth-order valence-corrected chi connectivity index (χ4v) is 3.91. The molecular weight excluding hydrogens is 372 g/mol. The largest absolute Gasteiger partial charge is 0.363 e. The van der Waals surface area contributed by atoms with Crippen molar-refractivity contribution >= 4 is 5.82 Å². The van der Waals surface area contributed by atoms with Crippen molar-refractivity contribution in [1.82, 2.24) is 24.7 Å². The van der Waals surface area contributed by atoms with E-state index in [9.17, 15) is 0 Å². The first-order valence-corrected chi connectivity index (χ1v) is 10.4. The van der Waals surface area contributed by atoms with Gasteiger partial charge in [0, 0.05) is 29.2 Å². The smallest absolute Gasteiger partial charge is 0.180 e. The van der Waals surface area contributed by atoms with E-state index < -0.39 is 0 Å². The number of rotatable bonds is 6. The molecule has 0 bridgehead atoms. The van der Waals surface area contributed by atoms with Crippen LogP contribution in [-0.2, 0) is 19.4 Å². The third-order valence-electron chi connectivity index (χ3n) is 5.52. The summed E-state index contributed by atoms with van der Waals surface area (Å²) in [7, 11) is 0. The summed E-state index contributed by atoms with van der Waals surface area (Å²) >= 11 is 0. The van der Waals surface area contributed by atoms with Crippen molar-refractivity contribution in [2.24, 2.45) is 0 Å². The summed E-state index contributed by atoms with van der Waals surface area (Å²) in [6, 6.07) is 16.3. The number of hydrogen-bond acceptors (Lipinski definition) is 5. The Morgan fingerprint density at radius 1 is 1.03 bits per heavy atom. The predicted octanol–water partition coefficient (Wildman–Crippen LogP) is 4.45. The summed E-state index contributed by atoms with van der Waals surface area (Å²) in [5.41, 5.74) is 5.55. The molecule has 1 unspecified atom stereocenters. The Balaban J connectivity index is 1.38. The Morgan fingerprint density at radius 2 is 1.90 bits per heavy atom. The molecule has 5 rings (SSSR count). The molecule has 6 nitrogen and oxygen atoms in total. The number of pyridine rings is 1. The third kappa shape index (κ3) is 3.81. The fourth-order valence-electron chi connectivity index (χ4n) is 3.91.